The number of amides is 1. The first-order valence-corrected chi connectivity index (χ1v) is 9.79. The van der Waals surface area contributed by atoms with Crippen molar-refractivity contribution in [2.45, 2.75) is 11.8 Å². The van der Waals surface area contributed by atoms with E-state index in [0.717, 1.165) is 5.56 Å². The zero-order valence-corrected chi connectivity index (χ0v) is 16.4. The van der Waals surface area contributed by atoms with Gasteiger partial charge in [-0.1, -0.05) is 17.7 Å². The van der Waals surface area contributed by atoms with Gasteiger partial charge >= 0.3 is 0 Å². The first kappa shape index (κ1) is 17.7. The van der Waals surface area contributed by atoms with Crippen molar-refractivity contribution in [3.8, 4) is 0 Å². The Morgan fingerprint density at radius 1 is 1.08 bits per heavy atom. The minimum atomic E-state index is -3.72. The standard InChI is InChI=1S/C18H17BrN2O3S/c1-12-4-7-14(8-5-12)25(23,24)21-11-16(19)15-10-13(6-9-17(15)21)18(22)20(2)3/h4-11H,1-3H3. The first-order valence-electron chi connectivity index (χ1n) is 7.56. The second-order valence-electron chi connectivity index (χ2n) is 6.02. The molecule has 1 aromatic heterocycles. The van der Waals surface area contributed by atoms with Crippen molar-refractivity contribution >= 4 is 42.8 Å². The molecule has 3 rings (SSSR count). The maximum Gasteiger partial charge on any atom is 0.268 e. The van der Waals surface area contributed by atoms with Crippen LogP contribution in [0.15, 0.2) is 58.0 Å². The molecule has 0 fully saturated rings. The predicted octanol–water partition coefficient (Wildman–Crippen LogP) is 3.65. The summed E-state index contributed by atoms with van der Waals surface area (Å²) in [5, 5.41) is 0.670. The van der Waals surface area contributed by atoms with Gasteiger partial charge in [0, 0.05) is 35.7 Å². The van der Waals surface area contributed by atoms with E-state index < -0.39 is 10.0 Å². The molecule has 25 heavy (non-hydrogen) atoms. The topological polar surface area (TPSA) is 59.4 Å². The summed E-state index contributed by atoms with van der Waals surface area (Å²) in [4.78, 5) is 13.8. The number of fused-ring (bicyclic) bond motifs is 1. The molecule has 0 unspecified atom stereocenters. The summed E-state index contributed by atoms with van der Waals surface area (Å²) in [5.74, 6) is -0.136. The summed E-state index contributed by atoms with van der Waals surface area (Å²) in [6.07, 6.45) is 1.52. The zero-order chi connectivity index (χ0) is 18.4. The highest BCUT2D eigenvalue weighted by Gasteiger charge is 2.21. The van der Waals surface area contributed by atoms with Crippen LogP contribution in [0.4, 0.5) is 0 Å². The number of rotatable bonds is 3. The van der Waals surface area contributed by atoms with Crippen LogP contribution in [0, 0.1) is 6.92 Å². The maximum atomic E-state index is 13.0. The lowest BCUT2D eigenvalue weighted by molar-refractivity contribution is 0.0828. The second-order valence-corrected chi connectivity index (χ2v) is 8.69. The fraction of sp³-hybridized carbons (Fsp3) is 0.167. The van der Waals surface area contributed by atoms with Gasteiger partial charge in [-0.25, -0.2) is 12.4 Å². The van der Waals surface area contributed by atoms with Gasteiger partial charge in [-0.3, -0.25) is 4.79 Å². The van der Waals surface area contributed by atoms with E-state index in [9.17, 15) is 13.2 Å². The molecule has 0 spiro atoms. The number of nitrogens with zero attached hydrogens (tertiary/aromatic N) is 2. The average Bonchev–Trinajstić information content (AvgIpc) is 2.91. The highest BCUT2D eigenvalue weighted by atomic mass is 79.9. The summed E-state index contributed by atoms with van der Waals surface area (Å²) >= 11 is 3.40. The van der Waals surface area contributed by atoms with Crippen molar-refractivity contribution in [3.05, 3.63) is 64.3 Å². The number of benzene rings is 2. The number of hydrogen-bond donors (Lipinski definition) is 0. The summed E-state index contributed by atoms with van der Waals surface area (Å²) in [5.41, 5.74) is 2.01. The Labute approximate surface area is 155 Å². The van der Waals surface area contributed by atoms with Gasteiger partial charge in [0.1, 0.15) is 0 Å². The molecule has 5 nitrogen and oxygen atoms in total. The van der Waals surface area contributed by atoms with Gasteiger partial charge in [0.05, 0.1) is 10.4 Å². The number of aryl methyl sites for hydroxylation is 1. The Balaban J connectivity index is 2.18. The number of halogens is 1. The van der Waals surface area contributed by atoms with E-state index in [-0.39, 0.29) is 10.8 Å². The number of carbonyl (C=O) groups excluding carboxylic acids is 1. The lowest BCUT2D eigenvalue weighted by Gasteiger charge is -2.11. The third-order valence-electron chi connectivity index (χ3n) is 3.95. The van der Waals surface area contributed by atoms with Gasteiger partial charge in [0.15, 0.2) is 0 Å². The van der Waals surface area contributed by atoms with Crippen molar-refractivity contribution < 1.29 is 13.2 Å². The normalized spacial score (nSPS) is 11.7. The molecule has 0 atom stereocenters. The Bertz CT molecular complexity index is 1070. The van der Waals surface area contributed by atoms with Crippen LogP contribution in [-0.4, -0.2) is 37.3 Å². The average molecular weight is 421 g/mol. The van der Waals surface area contributed by atoms with Crippen LogP contribution in [0.5, 0.6) is 0 Å². The van der Waals surface area contributed by atoms with Crippen LogP contribution in [0.3, 0.4) is 0 Å². The van der Waals surface area contributed by atoms with Gasteiger partial charge < -0.3 is 4.90 Å². The lowest BCUT2D eigenvalue weighted by Crippen LogP contribution is -2.21. The van der Waals surface area contributed by atoms with Gasteiger partial charge in [-0.05, 0) is 53.2 Å². The van der Waals surface area contributed by atoms with Crippen molar-refractivity contribution in [2.24, 2.45) is 0 Å². The van der Waals surface area contributed by atoms with Gasteiger partial charge in [-0.2, -0.15) is 0 Å². The summed E-state index contributed by atoms with van der Waals surface area (Å²) in [7, 11) is -0.369. The van der Waals surface area contributed by atoms with Gasteiger partial charge in [-0.15, -0.1) is 0 Å². The minimum absolute atomic E-state index is 0.136. The number of carbonyl (C=O) groups is 1. The zero-order valence-electron chi connectivity index (χ0n) is 14.0. The van der Waals surface area contributed by atoms with Crippen molar-refractivity contribution in [3.63, 3.8) is 0 Å². The SMILES string of the molecule is Cc1ccc(S(=O)(=O)n2cc(Br)c3cc(C(=O)N(C)C)ccc32)cc1. The summed E-state index contributed by atoms with van der Waals surface area (Å²) in [6, 6.07) is 11.7. The van der Waals surface area contributed by atoms with E-state index in [2.05, 4.69) is 15.9 Å². The molecule has 130 valence electrons. The third-order valence-corrected chi connectivity index (χ3v) is 6.27. The molecule has 0 aliphatic carbocycles. The fourth-order valence-electron chi connectivity index (χ4n) is 2.58. The smallest absolute Gasteiger partial charge is 0.268 e. The van der Waals surface area contributed by atoms with E-state index in [4.69, 9.17) is 0 Å². The van der Waals surface area contributed by atoms with Crippen LogP contribution in [-0.2, 0) is 10.0 Å². The molecule has 0 aliphatic heterocycles. The molecule has 7 heteroatoms. The van der Waals surface area contributed by atoms with Crippen LogP contribution >= 0.6 is 15.9 Å². The van der Waals surface area contributed by atoms with Crippen molar-refractivity contribution in [1.29, 1.82) is 0 Å². The van der Waals surface area contributed by atoms with Crippen LogP contribution in [0.2, 0.25) is 0 Å². The highest BCUT2D eigenvalue weighted by molar-refractivity contribution is 9.10. The van der Waals surface area contributed by atoms with E-state index in [1.807, 2.05) is 6.92 Å². The summed E-state index contributed by atoms with van der Waals surface area (Å²) < 4.78 is 27.8. The molecule has 3 aromatic rings. The predicted molar refractivity (Wildman–Crippen MR) is 101 cm³/mol. The van der Waals surface area contributed by atoms with Gasteiger partial charge in [0.25, 0.3) is 15.9 Å². The van der Waals surface area contributed by atoms with E-state index >= 15 is 0 Å². The molecule has 0 aliphatic rings. The van der Waals surface area contributed by atoms with Crippen molar-refractivity contribution in [2.75, 3.05) is 14.1 Å². The Kier molecular flexibility index (Phi) is 4.47. The molecular formula is C18H17BrN2O3S. The highest BCUT2D eigenvalue weighted by Crippen LogP contribution is 2.30. The van der Waals surface area contributed by atoms with E-state index in [1.54, 1.807) is 56.6 Å². The monoisotopic (exact) mass is 420 g/mol. The molecule has 0 N–H and O–H groups in total. The lowest BCUT2D eigenvalue weighted by atomic mass is 10.1. The maximum absolute atomic E-state index is 13.0. The molecule has 1 amide bonds. The first-order chi connectivity index (χ1) is 11.7. The molecule has 0 radical (unpaired) electrons. The van der Waals surface area contributed by atoms with Crippen molar-refractivity contribution in [1.82, 2.24) is 8.87 Å². The van der Waals surface area contributed by atoms with E-state index in [0.29, 0.717) is 20.9 Å². The molecular weight excluding hydrogens is 404 g/mol. The minimum Gasteiger partial charge on any atom is -0.345 e. The molecule has 0 saturated carbocycles. The van der Waals surface area contributed by atoms with Crippen LogP contribution in [0.25, 0.3) is 10.9 Å². The largest absolute Gasteiger partial charge is 0.345 e. The summed E-state index contributed by atoms with van der Waals surface area (Å²) in [6.45, 7) is 1.90. The van der Waals surface area contributed by atoms with Crippen LogP contribution in [0.1, 0.15) is 15.9 Å². The molecule has 0 saturated heterocycles. The Morgan fingerprint density at radius 2 is 1.72 bits per heavy atom. The Morgan fingerprint density at radius 3 is 2.32 bits per heavy atom. The number of aromatic nitrogens is 1. The Hall–Kier alpha value is -2.12. The van der Waals surface area contributed by atoms with E-state index in [1.165, 1.54) is 15.1 Å². The number of hydrogen-bond acceptors (Lipinski definition) is 3. The van der Waals surface area contributed by atoms with Crippen LogP contribution < -0.4 is 0 Å². The molecule has 2 aromatic carbocycles. The molecule has 0 bridgehead atoms. The van der Waals surface area contributed by atoms with Gasteiger partial charge in [0.2, 0.25) is 0 Å². The molecule has 1 heterocycles. The fourth-order valence-corrected chi connectivity index (χ4v) is 4.60. The quantitative estimate of drug-likeness (QED) is 0.649. The second kappa shape index (κ2) is 6.31. The third kappa shape index (κ3) is 3.09.